The highest BCUT2D eigenvalue weighted by molar-refractivity contribution is 5.75. The summed E-state index contributed by atoms with van der Waals surface area (Å²) in [6, 6.07) is 12.5. The second-order valence-electron chi connectivity index (χ2n) is 6.69. The second-order valence-corrected chi connectivity index (χ2v) is 6.69. The van der Waals surface area contributed by atoms with Gasteiger partial charge in [-0.15, -0.1) is 0 Å². The van der Waals surface area contributed by atoms with Crippen LogP contribution in [-0.2, 0) is 17.5 Å². The highest BCUT2D eigenvalue weighted by Crippen LogP contribution is 2.30. The average Bonchev–Trinajstić information content (AvgIpc) is 2.78. The SMILES string of the molecule is COc1ccc(OCCNC(=O)Cn2cnc(-c3ccc(C(F)(F)F)cc3)cc2=O)cc1. The molecule has 0 unspecified atom stereocenters. The molecule has 0 saturated carbocycles. The van der Waals surface area contributed by atoms with Gasteiger partial charge in [0.25, 0.3) is 5.56 Å². The fourth-order valence-corrected chi connectivity index (χ4v) is 2.77. The molecule has 32 heavy (non-hydrogen) atoms. The Labute approximate surface area is 181 Å². The van der Waals surface area contributed by atoms with Crippen molar-refractivity contribution in [2.45, 2.75) is 12.7 Å². The van der Waals surface area contributed by atoms with Crippen LogP contribution in [0.4, 0.5) is 13.2 Å². The number of nitrogens with zero attached hydrogens (tertiary/aromatic N) is 2. The highest BCUT2D eigenvalue weighted by atomic mass is 19.4. The van der Waals surface area contributed by atoms with Crippen molar-refractivity contribution in [3.8, 4) is 22.8 Å². The number of hydrogen-bond donors (Lipinski definition) is 1. The van der Waals surface area contributed by atoms with Crippen LogP contribution in [0, 0.1) is 0 Å². The van der Waals surface area contributed by atoms with Crippen molar-refractivity contribution >= 4 is 5.91 Å². The number of hydrogen-bond acceptors (Lipinski definition) is 5. The van der Waals surface area contributed by atoms with E-state index in [-0.39, 0.29) is 25.4 Å². The standard InChI is InChI=1S/C22H20F3N3O4/c1-31-17-6-8-18(9-7-17)32-11-10-26-20(29)13-28-14-27-19(12-21(28)30)15-2-4-16(5-3-15)22(23,24)25/h2-9,12,14H,10-11,13H2,1H3,(H,26,29). The van der Waals surface area contributed by atoms with Crippen LogP contribution in [-0.4, -0.2) is 35.7 Å². The van der Waals surface area contributed by atoms with E-state index in [0.29, 0.717) is 17.1 Å². The van der Waals surface area contributed by atoms with E-state index in [1.807, 2.05) is 0 Å². The van der Waals surface area contributed by atoms with E-state index in [1.165, 1.54) is 24.5 Å². The van der Waals surface area contributed by atoms with Crippen LogP contribution in [0.15, 0.2) is 65.7 Å². The summed E-state index contributed by atoms with van der Waals surface area (Å²) in [5.74, 6) is 0.919. The molecular weight excluding hydrogens is 427 g/mol. The molecule has 10 heteroatoms. The number of nitrogens with one attached hydrogen (secondary N) is 1. The highest BCUT2D eigenvalue weighted by Gasteiger charge is 2.30. The molecule has 0 aliphatic carbocycles. The number of aromatic nitrogens is 2. The fraction of sp³-hybridized carbons (Fsp3) is 0.227. The first kappa shape index (κ1) is 22.9. The van der Waals surface area contributed by atoms with E-state index in [1.54, 1.807) is 31.4 Å². The summed E-state index contributed by atoms with van der Waals surface area (Å²) in [7, 11) is 1.56. The molecule has 7 nitrogen and oxygen atoms in total. The third kappa shape index (κ3) is 6.10. The number of alkyl halides is 3. The molecule has 0 aliphatic rings. The topological polar surface area (TPSA) is 82.4 Å². The van der Waals surface area contributed by atoms with E-state index in [2.05, 4.69) is 10.3 Å². The van der Waals surface area contributed by atoms with Crippen LogP contribution >= 0.6 is 0 Å². The van der Waals surface area contributed by atoms with Gasteiger partial charge < -0.3 is 14.8 Å². The predicted molar refractivity (Wildman–Crippen MR) is 110 cm³/mol. The largest absolute Gasteiger partial charge is 0.497 e. The maximum Gasteiger partial charge on any atom is 0.416 e. The van der Waals surface area contributed by atoms with E-state index >= 15 is 0 Å². The summed E-state index contributed by atoms with van der Waals surface area (Å²) in [6.07, 6.45) is -3.26. The first-order chi connectivity index (χ1) is 15.3. The molecule has 0 aliphatic heterocycles. The van der Waals surface area contributed by atoms with Crippen molar-refractivity contribution in [1.82, 2.24) is 14.9 Å². The Morgan fingerprint density at radius 2 is 1.72 bits per heavy atom. The minimum atomic E-state index is -4.44. The second kappa shape index (κ2) is 9.99. The third-order valence-electron chi connectivity index (χ3n) is 4.45. The normalized spacial score (nSPS) is 11.1. The number of carbonyl (C=O) groups excluding carboxylic acids is 1. The molecule has 0 spiro atoms. The van der Waals surface area contributed by atoms with Gasteiger partial charge in [-0.25, -0.2) is 4.98 Å². The first-order valence-corrected chi connectivity index (χ1v) is 9.54. The zero-order chi connectivity index (χ0) is 23.1. The molecule has 0 atom stereocenters. The molecule has 1 amide bonds. The summed E-state index contributed by atoms with van der Waals surface area (Å²) in [5.41, 5.74) is -0.711. The maximum atomic E-state index is 12.7. The van der Waals surface area contributed by atoms with E-state index in [9.17, 15) is 22.8 Å². The molecule has 0 saturated heterocycles. The number of methoxy groups -OCH3 is 1. The van der Waals surface area contributed by atoms with E-state index < -0.39 is 23.2 Å². The Bertz CT molecular complexity index is 1110. The van der Waals surface area contributed by atoms with Crippen LogP contribution in [0.3, 0.4) is 0 Å². The molecule has 0 radical (unpaired) electrons. The van der Waals surface area contributed by atoms with Crippen molar-refractivity contribution in [1.29, 1.82) is 0 Å². The molecule has 168 valence electrons. The van der Waals surface area contributed by atoms with E-state index in [4.69, 9.17) is 9.47 Å². The number of benzene rings is 2. The van der Waals surface area contributed by atoms with Crippen LogP contribution in [0.5, 0.6) is 11.5 Å². The van der Waals surface area contributed by atoms with Gasteiger partial charge >= 0.3 is 6.18 Å². The van der Waals surface area contributed by atoms with Crippen LogP contribution in [0.25, 0.3) is 11.3 Å². The fourth-order valence-electron chi connectivity index (χ4n) is 2.77. The summed E-state index contributed by atoms with van der Waals surface area (Å²) in [5, 5.41) is 2.64. The van der Waals surface area contributed by atoms with Crippen LogP contribution < -0.4 is 20.3 Å². The van der Waals surface area contributed by atoms with Gasteiger partial charge in [0.2, 0.25) is 5.91 Å². The zero-order valence-corrected chi connectivity index (χ0v) is 17.1. The molecule has 1 aromatic heterocycles. The zero-order valence-electron chi connectivity index (χ0n) is 17.1. The molecule has 3 rings (SSSR count). The lowest BCUT2D eigenvalue weighted by Crippen LogP contribution is -2.34. The predicted octanol–water partition coefficient (Wildman–Crippen LogP) is 3.13. The molecule has 1 heterocycles. The van der Waals surface area contributed by atoms with Crippen LogP contribution in [0.1, 0.15) is 5.56 Å². The smallest absolute Gasteiger partial charge is 0.416 e. The Kier molecular flexibility index (Phi) is 7.14. The van der Waals surface area contributed by atoms with Crippen molar-refractivity contribution < 1.29 is 27.4 Å². The number of ether oxygens (including phenoxy) is 2. The van der Waals surface area contributed by atoms with Crippen molar-refractivity contribution in [3.63, 3.8) is 0 Å². The Morgan fingerprint density at radius 1 is 1.06 bits per heavy atom. The lowest BCUT2D eigenvalue weighted by atomic mass is 10.1. The third-order valence-corrected chi connectivity index (χ3v) is 4.45. The van der Waals surface area contributed by atoms with Crippen molar-refractivity contribution in [2.75, 3.05) is 20.3 Å². The van der Waals surface area contributed by atoms with Crippen molar-refractivity contribution in [2.24, 2.45) is 0 Å². The molecular formula is C22H20F3N3O4. The monoisotopic (exact) mass is 447 g/mol. The van der Waals surface area contributed by atoms with Gasteiger partial charge in [-0.05, 0) is 36.4 Å². The van der Waals surface area contributed by atoms with Gasteiger partial charge in [0.1, 0.15) is 24.7 Å². The summed E-state index contributed by atoms with van der Waals surface area (Å²) < 4.78 is 49.7. The molecule has 0 bridgehead atoms. The minimum absolute atomic E-state index is 0.216. The summed E-state index contributed by atoms with van der Waals surface area (Å²) in [4.78, 5) is 28.4. The lowest BCUT2D eigenvalue weighted by molar-refractivity contribution is -0.137. The number of rotatable bonds is 8. The molecule has 1 N–H and O–H groups in total. The van der Waals surface area contributed by atoms with Crippen LogP contribution in [0.2, 0.25) is 0 Å². The summed E-state index contributed by atoms with van der Waals surface area (Å²) in [6.45, 7) is 0.219. The Morgan fingerprint density at radius 3 is 2.31 bits per heavy atom. The number of carbonyl (C=O) groups is 1. The number of amides is 1. The van der Waals surface area contributed by atoms with Gasteiger partial charge in [-0.3, -0.25) is 14.2 Å². The minimum Gasteiger partial charge on any atom is -0.497 e. The van der Waals surface area contributed by atoms with Gasteiger partial charge in [0, 0.05) is 11.6 Å². The average molecular weight is 447 g/mol. The molecule has 3 aromatic rings. The Balaban J connectivity index is 1.51. The van der Waals surface area contributed by atoms with Gasteiger partial charge in [-0.1, -0.05) is 12.1 Å². The lowest BCUT2D eigenvalue weighted by Gasteiger charge is -2.10. The van der Waals surface area contributed by atoms with Gasteiger partial charge in [0.15, 0.2) is 0 Å². The molecule has 2 aromatic carbocycles. The van der Waals surface area contributed by atoms with Gasteiger partial charge in [-0.2, -0.15) is 13.2 Å². The van der Waals surface area contributed by atoms with Crippen molar-refractivity contribution in [3.05, 3.63) is 76.8 Å². The first-order valence-electron chi connectivity index (χ1n) is 9.54. The molecule has 0 fully saturated rings. The van der Waals surface area contributed by atoms with Gasteiger partial charge in [0.05, 0.1) is 31.2 Å². The maximum absolute atomic E-state index is 12.7. The summed E-state index contributed by atoms with van der Waals surface area (Å²) >= 11 is 0. The van der Waals surface area contributed by atoms with E-state index in [0.717, 1.165) is 16.7 Å². The Hall–Kier alpha value is -3.82. The number of halogens is 3. The quantitative estimate of drug-likeness (QED) is 0.537.